The average Bonchev–Trinajstić information content (AvgIpc) is 3.20. The van der Waals surface area contributed by atoms with Crippen molar-refractivity contribution in [3.05, 3.63) is 91.0 Å². The minimum Gasteiger partial charge on any atom is -0.344 e. The van der Waals surface area contributed by atoms with E-state index in [4.69, 9.17) is 0 Å². The number of para-hydroxylation sites is 3. The van der Waals surface area contributed by atoms with Crippen molar-refractivity contribution in [3.63, 3.8) is 0 Å². The molecule has 0 atom stereocenters. The van der Waals surface area contributed by atoms with E-state index in [0.717, 1.165) is 0 Å². The van der Waals surface area contributed by atoms with E-state index in [1.54, 1.807) is 0 Å². The fraction of sp³-hybridized carbons (Fsp3) is 0.0400. The van der Waals surface area contributed by atoms with Crippen LogP contribution in [0.25, 0.3) is 49.3 Å². The lowest BCUT2D eigenvalue weighted by molar-refractivity contribution is 1.02. The molecule has 6 aromatic rings. The first kappa shape index (κ1) is 14.6. The van der Waals surface area contributed by atoms with Gasteiger partial charge < -0.3 is 9.13 Å². The van der Waals surface area contributed by atoms with Crippen LogP contribution >= 0.6 is 0 Å². The molecule has 2 heterocycles. The lowest BCUT2D eigenvalue weighted by Gasteiger charge is -2.07. The van der Waals surface area contributed by atoms with E-state index < -0.39 is 0 Å². The number of rotatable bonds is 1. The molecule has 0 radical (unpaired) electrons. The summed E-state index contributed by atoms with van der Waals surface area (Å²) in [5, 5.41) is 5.21. The normalized spacial score (nSPS) is 11.9. The zero-order valence-electron chi connectivity index (χ0n) is 15.1. The molecule has 0 aliphatic rings. The van der Waals surface area contributed by atoms with E-state index in [1.807, 2.05) is 0 Å². The molecule has 0 N–H and O–H groups in total. The summed E-state index contributed by atoms with van der Waals surface area (Å²) in [6, 6.07) is 32.7. The van der Waals surface area contributed by atoms with E-state index in [2.05, 4.69) is 107 Å². The van der Waals surface area contributed by atoms with Gasteiger partial charge in [-0.25, -0.2) is 0 Å². The monoisotopic (exact) mass is 346 g/mol. The molecule has 27 heavy (non-hydrogen) atoms. The molecular weight excluding hydrogens is 328 g/mol. The second-order valence-electron chi connectivity index (χ2n) is 7.15. The molecule has 2 aromatic heterocycles. The third-order valence-corrected chi connectivity index (χ3v) is 5.72. The van der Waals surface area contributed by atoms with Gasteiger partial charge in [-0.05, 0) is 36.4 Å². The van der Waals surface area contributed by atoms with Gasteiger partial charge in [-0.3, -0.25) is 0 Å². The second-order valence-corrected chi connectivity index (χ2v) is 7.15. The maximum absolute atomic E-state index is 2.38. The van der Waals surface area contributed by atoms with E-state index >= 15 is 0 Å². The van der Waals surface area contributed by atoms with Gasteiger partial charge in [0.1, 0.15) is 0 Å². The van der Waals surface area contributed by atoms with Gasteiger partial charge in [0.15, 0.2) is 0 Å². The van der Waals surface area contributed by atoms with Crippen molar-refractivity contribution >= 4 is 43.6 Å². The minimum absolute atomic E-state index is 1.20. The summed E-state index contributed by atoms with van der Waals surface area (Å²) >= 11 is 0. The number of aryl methyl sites for hydroxylation is 1. The fourth-order valence-electron chi connectivity index (χ4n) is 4.48. The van der Waals surface area contributed by atoms with Gasteiger partial charge in [-0.2, -0.15) is 0 Å². The molecule has 2 heteroatoms. The summed E-state index contributed by atoms with van der Waals surface area (Å²) in [6.07, 6.45) is 0. The van der Waals surface area contributed by atoms with Crippen LogP contribution in [0.4, 0.5) is 0 Å². The van der Waals surface area contributed by atoms with Crippen molar-refractivity contribution in [1.29, 1.82) is 0 Å². The Hall–Kier alpha value is -3.52. The zero-order chi connectivity index (χ0) is 18.0. The first-order chi connectivity index (χ1) is 13.3. The van der Waals surface area contributed by atoms with Crippen LogP contribution in [0.1, 0.15) is 0 Å². The molecule has 0 fully saturated rings. The Morgan fingerprint density at radius 3 is 1.81 bits per heavy atom. The summed E-state index contributed by atoms with van der Waals surface area (Å²) in [5.41, 5.74) is 6.25. The zero-order valence-corrected chi connectivity index (χ0v) is 15.1. The molecule has 0 spiro atoms. The van der Waals surface area contributed by atoms with Crippen LogP contribution < -0.4 is 0 Å². The number of hydrogen-bond acceptors (Lipinski definition) is 0. The summed E-state index contributed by atoms with van der Waals surface area (Å²) in [7, 11) is 2.16. The standard InChI is InChI=1S/C25H18N2/c1-26-22-13-7-5-11-18(22)20-16-25-21(15-24(20)26)19-12-6-8-14-23(19)27(25)17-9-3-2-4-10-17/h2-16H,1H3. The van der Waals surface area contributed by atoms with Crippen LogP contribution in [0.5, 0.6) is 0 Å². The Morgan fingerprint density at radius 1 is 0.481 bits per heavy atom. The third kappa shape index (κ3) is 1.90. The van der Waals surface area contributed by atoms with Crippen molar-refractivity contribution in [3.8, 4) is 5.69 Å². The molecule has 0 saturated heterocycles. The summed E-state index contributed by atoms with van der Waals surface area (Å²) in [6.45, 7) is 0. The SMILES string of the molecule is Cn1c2ccccc2c2cc3c(cc21)c1ccccc1n3-c1ccccc1. The number of fused-ring (bicyclic) bond motifs is 6. The highest BCUT2D eigenvalue weighted by Crippen LogP contribution is 2.37. The molecule has 4 aromatic carbocycles. The first-order valence-corrected chi connectivity index (χ1v) is 9.29. The molecule has 0 amide bonds. The van der Waals surface area contributed by atoms with Gasteiger partial charge in [0.25, 0.3) is 0 Å². The van der Waals surface area contributed by atoms with Crippen LogP contribution in [0.15, 0.2) is 91.0 Å². The maximum Gasteiger partial charge on any atom is 0.0548 e. The van der Waals surface area contributed by atoms with Crippen molar-refractivity contribution < 1.29 is 0 Å². The molecule has 0 saturated carbocycles. The highest BCUT2D eigenvalue weighted by Gasteiger charge is 2.15. The molecule has 128 valence electrons. The van der Waals surface area contributed by atoms with E-state index in [1.165, 1.54) is 49.3 Å². The van der Waals surface area contributed by atoms with Crippen molar-refractivity contribution in [2.45, 2.75) is 0 Å². The van der Waals surface area contributed by atoms with Gasteiger partial charge in [-0.15, -0.1) is 0 Å². The van der Waals surface area contributed by atoms with Crippen molar-refractivity contribution in [1.82, 2.24) is 9.13 Å². The Morgan fingerprint density at radius 2 is 1.04 bits per heavy atom. The van der Waals surface area contributed by atoms with Gasteiger partial charge in [0.05, 0.1) is 11.0 Å². The van der Waals surface area contributed by atoms with Gasteiger partial charge in [0, 0.05) is 45.3 Å². The van der Waals surface area contributed by atoms with Crippen molar-refractivity contribution in [2.24, 2.45) is 7.05 Å². The molecule has 0 bridgehead atoms. The van der Waals surface area contributed by atoms with Gasteiger partial charge in [-0.1, -0.05) is 54.6 Å². The molecule has 0 aliphatic carbocycles. The first-order valence-electron chi connectivity index (χ1n) is 9.29. The molecule has 6 rings (SSSR count). The predicted octanol–water partition coefficient (Wildman–Crippen LogP) is 6.43. The number of nitrogens with zero attached hydrogens (tertiary/aromatic N) is 2. The van der Waals surface area contributed by atoms with E-state index in [0.29, 0.717) is 0 Å². The number of aromatic nitrogens is 2. The lowest BCUT2D eigenvalue weighted by Crippen LogP contribution is -1.93. The van der Waals surface area contributed by atoms with Gasteiger partial charge in [0.2, 0.25) is 0 Å². The quantitative estimate of drug-likeness (QED) is 0.325. The maximum atomic E-state index is 2.38. The number of benzene rings is 4. The summed E-state index contributed by atoms with van der Waals surface area (Å²) in [4.78, 5) is 0. The minimum atomic E-state index is 1.20. The van der Waals surface area contributed by atoms with Crippen LogP contribution in [-0.2, 0) is 7.05 Å². The fourth-order valence-corrected chi connectivity index (χ4v) is 4.48. The molecule has 0 unspecified atom stereocenters. The largest absolute Gasteiger partial charge is 0.344 e. The van der Waals surface area contributed by atoms with Gasteiger partial charge >= 0.3 is 0 Å². The topological polar surface area (TPSA) is 9.86 Å². The van der Waals surface area contributed by atoms with Crippen LogP contribution in [0, 0.1) is 0 Å². The Kier molecular flexibility index (Phi) is 2.84. The van der Waals surface area contributed by atoms with Crippen LogP contribution in [0.2, 0.25) is 0 Å². The van der Waals surface area contributed by atoms with Crippen LogP contribution in [0.3, 0.4) is 0 Å². The highest BCUT2D eigenvalue weighted by molar-refractivity contribution is 6.18. The summed E-state index contributed by atoms with van der Waals surface area (Å²) < 4.78 is 4.69. The predicted molar refractivity (Wildman–Crippen MR) is 115 cm³/mol. The Bertz CT molecular complexity index is 1470. The highest BCUT2D eigenvalue weighted by atomic mass is 15.0. The second kappa shape index (κ2) is 5.24. The lowest BCUT2D eigenvalue weighted by atomic mass is 10.1. The molecular formula is C25H18N2. The Balaban J connectivity index is 1.88. The third-order valence-electron chi connectivity index (χ3n) is 5.72. The van der Waals surface area contributed by atoms with Crippen molar-refractivity contribution in [2.75, 3.05) is 0 Å². The average molecular weight is 346 g/mol. The van der Waals surface area contributed by atoms with E-state index in [-0.39, 0.29) is 0 Å². The van der Waals surface area contributed by atoms with Crippen LogP contribution in [-0.4, -0.2) is 9.13 Å². The molecule has 2 nitrogen and oxygen atoms in total. The number of hydrogen-bond donors (Lipinski definition) is 0. The summed E-state index contributed by atoms with van der Waals surface area (Å²) in [5.74, 6) is 0. The van der Waals surface area contributed by atoms with E-state index in [9.17, 15) is 0 Å². The molecule has 0 aliphatic heterocycles. The Labute approximate surface area is 156 Å². The smallest absolute Gasteiger partial charge is 0.0548 e.